The molecule has 5 heavy (non-hydrogen) atoms. The Kier molecular flexibility index (Phi) is 4.32. The fraction of sp³-hybridized carbons (Fsp3) is 1.00. The third-order valence-corrected chi connectivity index (χ3v) is 0.458. The van der Waals surface area contributed by atoms with Crippen LogP contribution < -0.4 is 0 Å². The van der Waals surface area contributed by atoms with Crippen molar-refractivity contribution in [3.05, 3.63) is 0 Å². The third kappa shape index (κ3) is 4.17. The molecule has 1 N–H and O–H groups in total. The van der Waals surface area contributed by atoms with Crippen molar-refractivity contribution in [3.8, 4) is 0 Å². The molecule has 0 saturated carbocycles. The van der Waals surface area contributed by atoms with Crippen molar-refractivity contribution >= 4 is 18.2 Å². The Morgan fingerprint density at radius 1 is 2.00 bits per heavy atom. The van der Waals surface area contributed by atoms with E-state index >= 15 is 0 Å². The first-order valence-corrected chi connectivity index (χ1v) is 1.96. The molecule has 0 aliphatic rings. The standard InChI is InChI=1S/CH4BNOS/c1-3-2-5-4/h4H,1H3. The van der Waals surface area contributed by atoms with E-state index in [2.05, 4.69) is 4.90 Å². The van der Waals surface area contributed by atoms with E-state index in [-0.39, 0.29) is 0 Å². The molecule has 0 aliphatic heterocycles. The number of hydrogen-bond donors (Lipinski definition) is 1. The van der Waals surface area contributed by atoms with Crippen LogP contribution in [0.2, 0.25) is 0 Å². The molecule has 0 saturated heterocycles. The summed E-state index contributed by atoms with van der Waals surface area (Å²) in [6.07, 6.45) is 1.35. The summed E-state index contributed by atoms with van der Waals surface area (Å²) >= 11 is 0.610. The fourth-order valence-electron chi connectivity index (χ4n) is 0.0471. The number of rotatable bonds is 1. The molecule has 0 radical (unpaired) electrons. The van der Waals surface area contributed by atoms with E-state index < -0.39 is 0 Å². The predicted molar refractivity (Wildman–Crippen MR) is 24.3 cm³/mol. The normalized spacial score (nSPS) is 8.40. The summed E-state index contributed by atoms with van der Waals surface area (Å²) in [5, 5.41) is 0. The molecule has 2 nitrogen and oxygen atoms in total. The van der Waals surface area contributed by atoms with Gasteiger partial charge in [0.15, 0.2) is 0 Å². The minimum atomic E-state index is 0.610. The van der Waals surface area contributed by atoms with Crippen molar-refractivity contribution < 1.29 is 4.55 Å². The third-order valence-electron chi connectivity index (χ3n) is 0.153. The molecule has 28 valence electrons. The molecular formula is CH4BNOS. The second-order valence-electron chi connectivity index (χ2n) is 0.469. The van der Waals surface area contributed by atoms with Gasteiger partial charge in [-0.25, -0.2) is 0 Å². The summed E-state index contributed by atoms with van der Waals surface area (Å²) in [5.41, 5.74) is 0. The Labute approximate surface area is 35.6 Å². The summed E-state index contributed by atoms with van der Waals surface area (Å²) < 4.78 is 7.83. The molecule has 0 fully saturated rings. The average Bonchev–Trinajstić information content (AvgIpc) is 1.41. The molecule has 0 unspecified atom stereocenters. The van der Waals surface area contributed by atoms with E-state index in [1.165, 1.54) is 6.35 Å². The Hall–Kier alpha value is 0.175. The Balaban J connectivity index is 2.62. The van der Waals surface area contributed by atoms with Crippen molar-refractivity contribution in [2.45, 2.75) is 0 Å². The average molecular weight is 88.9 g/mol. The summed E-state index contributed by atoms with van der Waals surface area (Å²) in [5.74, 6) is 0. The maximum absolute atomic E-state index is 7.83. The van der Waals surface area contributed by atoms with Gasteiger partial charge in [0.2, 0.25) is 0 Å². The van der Waals surface area contributed by atoms with Crippen LogP contribution >= 0.6 is 11.9 Å². The second kappa shape index (κ2) is 4.17. The van der Waals surface area contributed by atoms with E-state index in [4.69, 9.17) is 4.55 Å². The van der Waals surface area contributed by atoms with Crippen LogP contribution in [0.3, 0.4) is 0 Å². The molecule has 0 rings (SSSR count). The van der Waals surface area contributed by atoms with Crippen molar-refractivity contribution in [2.75, 3.05) is 7.05 Å². The molecular weight excluding hydrogens is 84.9 g/mol. The predicted octanol–water partition coefficient (Wildman–Crippen LogP) is 0.625. The van der Waals surface area contributed by atoms with Gasteiger partial charge < -0.3 is 0 Å². The van der Waals surface area contributed by atoms with E-state index in [9.17, 15) is 0 Å². The van der Waals surface area contributed by atoms with Crippen molar-refractivity contribution in [1.82, 2.24) is 0 Å². The Morgan fingerprint density at radius 3 is 2.60 bits per heavy atom. The van der Waals surface area contributed by atoms with Crippen LogP contribution in [0.25, 0.3) is 0 Å². The summed E-state index contributed by atoms with van der Waals surface area (Å²) in [4.78, 5) is 3.44. The zero-order valence-corrected chi connectivity index (χ0v) is 3.70. The van der Waals surface area contributed by atoms with Gasteiger partial charge in [-0.05, 0) is 0 Å². The van der Waals surface area contributed by atoms with Crippen LogP contribution in [0.5, 0.6) is 0 Å². The van der Waals surface area contributed by atoms with E-state index in [0.29, 0.717) is 11.9 Å². The first-order valence-electron chi connectivity index (χ1n) is 1.12. The number of nitrogens with zero attached hydrogens (tertiary/aromatic N) is 1. The molecule has 0 spiro atoms. The van der Waals surface area contributed by atoms with Gasteiger partial charge in [-0.1, -0.05) is 0 Å². The molecule has 0 aliphatic carbocycles. The van der Waals surface area contributed by atoms with Crippen molar-refractivity contribution in [1.29, 1.82) is 0 Å². The topological polar surface area (TPSA) is 32.6 Å². The van der Waals surface area contributed by atoms with Crippen LogP contribution in [-0.2, 0) is 0 Å². The first-order chi connectivity index (χ1) is 2.41. The number of hydrogen-bond acceptors (Lipinski definition) is 3. The van der Waals surface area contributed by atoms with Crippen LogP contribution in [-0.4, -0.2) is 18.0 Å². The zero-order chi connectivity index (χ0) is 4.12. The van der Waals surface area contributed by atoms with Crippen molar-refractivity contribution in [3.63, 3.8) is 0 Å². The molecule has 0 amide bonds. The van der Waals surface area contributed by atoms with Gasteiger partial charge in [-0.3, -0.25) is 0 Å². The fourth-order valence-corrected chi connectivity index (χ4v) is 0.141. The van der Waals surface area contributed by atoms with E-state index in [1.54, 1.807) is 7.05 Å². The second-order valence-corrected chi connectivity index (χ2v) is 0.891. The van der Waals surface area contributed by atoms with Gasteiger partial charge >= 0.3 is 34.7 Å². The molecule has 0 bridgehead atoms. The van der Waals surface area contributed by atoms with Crippen LogP contribution in [0.1, 0.15) is 0 Å². The van der Waals surface area contributed by atoms with Crippen LogP contribution in [0.15, 0.2) is 4.90 Å². The molecule has 0 atom stereocenters. The van der Waals surface area contributed by atoms with Gasteiger partial charge in [0.05, 0.1) is 0 Å². The monoisotopic (exact) mass is 89.0 g/mol. The zero-order valence-electron chi connectivity index (χ0n) is 2.88. The van der Waals surface area contributed by atoms with Crippen molar-refractivity contribution in [2.24, 2.45) is 4.90 Å². The van der Waals surface area contributed by atoms with Crippen LogP contribution in [0.4, 0.5) is 0 Å². The van der Waals surface area contributed by atoms with Crippen LogP contribution in [0, 0.1) is 0 Å². The molecule has 4 heteroatoms. The Morgan fingerprint density at radius 2 is 2.60 bits per heavy atom. The SMILES string of the molecule is CN=BSO. The quantitative estimate of drug-likeness (QED) is 0.377. The van der Waals surface area contributed by atoms with Gasteiger partial charge in [-0.2, -0.15) is 0 Å². The molecule has 0 heterocycles. The summed E-state index contributed by atoms with van der Waals surface area (Å²) in [7, 11) is 1.60. The molecule has 0 aromatic carbocycles. The van der Waals surface area contributed by atoms with E-state index in [1.807, 2.05) is 0 Å². The van der Waals surface area contributed by atoms with Gasteiger partial charge in [0.1, 0.15) is 0 Å². The molecule has 0 aromatic heterocycles. The van der Waals surface area contributed by atoms with Gasteiger partial charge in [0.25, 0.3) is 0 Å². The minimum absolute atomic E-state index is 0.610. The Bertz CT molecular complexity index is 38.6. The molecule has 0 aromatic rings. The first kappa shape index (κ1) is 5.17. The summed E-state index contributed by atoms with van der Waals surface area (Å²) in [6, 6.07) is 0. The van der Waals surface area contributed by atoms with Gasteiger partial charge in [-0.15, -0.1) is 0 Å². The van der Waals surface area contributed by atoms with Gasteiger partial charge in [0, 0.05) is 0 Å². The van der Waals surface area contributed by atoms with E-state index in [0.717, 1.165) is 0 Å². The summed E-state index contributed by atoms with van der Waals surface area (Å²) in [6.45, 7) is 0. The maximum atomic E-state index is 7.83.